The molecule has 1 heterocycles. The predicted octanol–water partition coefficient (Wildman–Crippen LogP) is 1.87. The molecule has 98 valence electrons. The molecule has 0 saturated heterocycles. The lowest BCUT2D eigenvalue weighted by Crippen LogP contribution is -2.26. The SMILES string of the molecule is NC(c1cc(F)cc(-c2nncnn2)c1)C1CCC1. The van der Waals surface area contributed by atoms with Crippen molar-refractivity contribution in [3.05, 3.63) is 35.9 Å². The Morgan fingerprint density at radius 3 is 2.53 bits per heavy atom. The Bertz CT molecular complexity index is 571. The first kappa shape index (κ1) is 12.1. The van der Waals surface area contributed by atoms with Crippen molar-refractivity contribution < 1.29 is 4.39 Å². The van der Waals surface area contributed by atoms with Crippen molar-refractivity contribution >= 4 is 0 Å². The Kier molecular flexibility index (Phi) is 3.16. The van der Waals surface area contributed by atoms with E-state index in [1.807, 2.05) is 6.07 Å². The summed E-state index contributed by atoms with van der Waals surface area (Å²) in [6.45, 7) is 0. The predicted molar refractivity (Wildman–Crippen MR) is 67.3 cm³/mol. The van der Waals surface area contributed by atoms with Gasteiger partial charge in [0.15, 0.2) is 6.33 Å². The van der Waals surface area contributed by atoms with Crippen LogP contribution in [0.15, 0.2) is 24.5 Å². The van der Waals surface area contributed by atoms with E-state index in [0.717, 1.165) is 18.4 Å². The molecule has 19 heavy (non-hydrogen) atoms. The quantitative estimate of drug-likeness (QED) is 0.910. The number of aromatic nitrogens is 4. The van der Waals surface area contributed by atoms with Crippen LogP contribution in [-0.4, -0.2) is 20.4 Å². The van der Waals surface area contributed by atoms with Crippen LogP contribution >= 0.6 is 0 Å². The second kappa shape index (κ2) is 4.97. The maximum absolute atomic E-state index is 13.7. The van der Waals surface area contributed by atoms with Gasteiger partial charge in [0, 0.05) is 11.6 Å². The average molecular weight is 259 g/mol. The van der Waals surface area contributed by atoms with Gasteiger partial charge >= 0.3 is 0 Å². The molecule has 1 aliphatic carbocycles. The van der Waals surface area contributed by atoms with Gasteiger partial charge in [0.05, 0.1) is 0 Å². The van der Waals surface area contributed by atoms with E-state index in [1.165, 1.54) is 24.9 Å². The van der Waals surface area contributed by atoms with Crippen molar-refractivity contribution in [3.8, 4) is 11.4 Å². The van der Waals surface area contributed by atoms with E-state index in [-0.39, 0.29) is 11.9 Å². The fraction of sp³-hybridized carbons (Fsp3) is 0.385. The van der Waals surface area contributed by atoms with Crippen molar-refractivity contribution in [1.82, 2.24) is 20.4 Å². The van der Waals surface area contributed by atoms with Gasteiger partial charge in [-0.2, -0.15) is 0 Å². The molecular formula is C13H14FN5. The van der Waals surface area contributed by atoms with Gasteiger partial charge in [0.1, 0.15) is 5.82 Å². The van der Waals surface area contributed by atoms with Gasteiger partial charge in [-0.05, 0) is 42.5 Å². The Morgan fingerprint density at radius 1 is 1.16 bits per heavy atom. The van der Waals surface area contributed by atoms with Gasteiger partial charge in [-0.25, -0.2) is 4.39 Å². The van der Waals surface area contributed by atoms with E-state index in [2.05, 4.69) is 20.4 Å². The molecule has 0 aliphatic heterocycles. The van der Waals surface area contributed by atoms with E-state index in [0.29, 0.717) is 17.3 Å². The summed E-state index contributed by atoms with van der Waals surface area (Å²) in [7, 11) is 0. The van der Waals surface area contributed by atoms with Crippen LogP contribution in [0.1, 0.15) is 30.9 Å². The summed E-state index contributed by atoms with van der Waals surface area (Å²) in [6.07, 6.45) is 4.66. The van der Waals surface area contributed by atoms with Gasteiger partial charge in [0.25, 0.3) is 0 Å². The monoisotopic (exact) mass is 259 g/mol. The minimum absolute atomic E-state index is 0.132. The first-order valence-electron chi connectivity index (χ1n) is 6.31. The molecule has 0 spiro atoms. The van der Waals surface area contributed by atoms with E-state index < -0.39 is 0 Å². The molecule has 6 heteroatoms. The summed E-state index contributed by atoms with van der Waals surface area (Å²) in [5, 5.41) is 15.0. The maximum Gasteiger partial charge on any atom is 0.203 e. The minimum Gasteiger partial charge on any atom is -0.324 e. The molecule has 2 aromatic rings. The smallest absolute Gasteiger partial charge is 0.203 e. The van der Waals surface area contributed by atoms with Crippen LogP contribution in [0, 0.1) is 11.7 Å². The van der Waals surface area contributed by atoms with E-state index in [4.69, 9.17) is 5.73 Å². The molecule has 1 aromatic carbocycles. The molecule has 1 unspecified atom stereocenters. The molecule has 2 N–H and O–H groups in total. The third-order valence-corrected chi connectivity index (χ3v) is 3.63. The fourth-order valence-electron chi connectivity index (χ4n) is 2.32. The zero-order valence-electron chi connectivity index (χ0n) is 10.3. The van der Waals surface area contributed by atoms with E-state index in [9.17, 15) is 4.39 Å². The molecule has 5 nitrogen and oxygen atoms in total. The Hall–Kier alpha value is -1.95. The lowest BCUT2D eigenvalue weighted by molar-refractivity contribution is 0.264. The molecular weight excluding hydrogens is 245 g/mol. The average Bonchev–Trinajstić information content (AvgIpc) is 2.37. The van der Waals surface area contributed by atoms with Crippen LogP contribution in [0.3, 0.4) is 0 Å². The normalized spacial score (nSPS) is 16.9. The summed E-state index contributed by atoms with van der Waals surface area (Å²) >= 11 is 0. The zero-order valence-corrected chi connectivity index (χ0v) is 10.3. The molecule has 1 atom stereocenters. The highest BCUT2D eigenvalue weighted by Gasteiger charge is 2.26. The van der Waals surface area contributed by atoms with Crippen LogP contribution in [0.5, 0.6) is 0 Å². The van der Waals surface area contributed by atoms with Crippen LogP contribution in [0.25, 0.3) is 11.4 Å². The van der Waals surface area contributed by atoms with Gasteiger partial charge < -0.3 is 5.73 Å². The third-order valence-electron chi connectivity index (χ3n) is 3.63. The van der Waals surface area contributed by atoms with Crippen LogP contribution in [-0.2, 0) is 0 Å². The molecule has 1 saturated carbocycles. The highest BCUT2D eigenvalue weighted by Crippen LogP contribution is 2.37. The number of halogens is 1. The van der Waals surface area contributed by atoms with Crippen LogP contribution in [0.4, 0.5) is 4.39 Å². The number of hydrogen-bond donors (Lipinski definition) is 1. The lowest BCUT2D eigenvalue weighted by atomic mass is 9.77. The fourth-order valence-corrected chi connectivity index (χ4v) is 2.32. The second-order valence-electron chi connectivity index (χ2n) is 4.86. The summed E-state index contributed by atoms with van der Waals surface area (Å²) in [4.78, 5) is 0. The molecule has 3 rings (SSSR count). The number of rotatable bonds is 3. The Labute approximate surface area is 110 Å². The highest BCUT2D eigenvalue weighted by atomic mass is 19.1. The van der Waals surface area contributed by atoms with Gasteiger partial charge in [0.2, 0.25) is 5.82 Å². The van der Waals surface area contributed by atoms with Crippen molar-refractivity contribution in [2.24, 2.45) is 11.7 Å². The molecule has 1 fully saturated rings. The topological polar surface area (TPSA) is 77.6 Å². The molecule has 1 aliphatic rings. The first-order valence-corrected chi connectivity index (χ1v) is 6.31. The van der Waals surface area contributed by atoms with Gasteiger partial charge in [-0.1, -0.05) is 6.42 Å². The molecule has 0 bridgehead atoms. The van der Waals surface area contributed by atoms with Crippen molar-refractivity contribution in [2.75, 3.05) is 0 Å². The standard InChI is InChI=1S/C13H14FN5/c14-11-5-9(12(15)8-2-1-3-8)4-10(6-11)13-18-16-7-17-19-13/h4-8,12H,1-3,15H2. The van der Waals surface area contributed by atoms with Crippen molar-refractivity contribution in [1.29, 1.82) is 0 Å². The zero-order chi connectivity index (χ0) is 13.2. The second-order valence-corrected chi connectivity index (χ2v) is 4.86. The first-order chi connectivity index (χ1) is 9.24. The van der Waals surface area contributed by atoms with Crippen LogP contribution in [0.2, 0.25) is 0 Å². The lowest BCUT2D eigenvalue weighted by Gasteiger charge is -2.31. The summed E-state index contributed by atoms with van der Waals surface area (Å²) in [6, 6.07) is 4.55. The van der Waals surface area contributed by atoms with E-state index in [1.54, 1.807) is 0 Å². The minimum atomic E-state index is -0.338. The Morgan fingerprint density at radius 2 is 1.89 bits per heavy atom. The molecule has 0 radical (unpaired) electrons. The van der Waals surface area contributed by atoms with Crippen LogP contribution < -0.4 is 5.73 Å². The summed E-state index contributed by atoms with van der Waals surface area (Å²) in [5.41, 5.74) is 7.52. The molecule has 0 amide bonds. The summed E-state index contributed by atoms with van der Waals surface area (Å²) < 4.78 is 13.7. The number of nitrogens with two attached hydrogens (primary N) is 1. The summed E-state index contributed by atoms with van der Waals surface area (Å²) in [5.74, 6) is 0.418. The number of nitrogens with zero attached hydrogens (tertiary/aromatic N) is 4. The maximum atomic E-state index is 13.7. The number of benzene rings is 1. The molecule has 1 aromatic heterocycles. The highest BCUT2D eigenvalue weighted by molar-refractivity contribution is 5.55. The Balaban J connectivity index is 1.96. The van der Waals surface area contributed by atoms with Crippen molar-refractivity contribution in [2.45, 2.75) is 25.3 Å². The largest absolute Gasteiger partial charge is 0.324 e. The van der Waals surface area contributed by atoms with E-state index >= 15 is 0 Å². The van der Waals surface area contributed by atoms with Gasteiger partial charge in [-0.3, -0.25) is 0 Å². The van der Waals surface area contributed by atoms with Gasteiger partial charge in [-0.15, -0.1) is 20.4 Å². The number of hydrogen-bond acceptors (Lipinski definition) is 5. The van der Waals surface area contributed by atoms with Crippen molar-refractivity contribution in [3.63, 3.8) is 0 Å². The third kappa shape index (κ3) is 2.44.